The molecule has 1 aromatic heterocycles. The Labute approximate surface area is 162 Å². The number of hydrogen-bond acceptors (Lipinski definition) is 4. The highest BCUT2D eigenvalue weighted by atomic mass is 19.1. The summed E-state index contributed by atoms with van der Waals surface area (Å²) in [6, 6.07) is 16.4. The van der Waals surface area contributed by atoms with Gasteiger partial charge in [-0.3, -0.25) is 4.79 Å². The Balaban J connectivity index is 1.33. The van der Waals surface area contributed by atoms with E-state index < -0.39 is 0 Å². The SMILES string of the molecule is O=C(NCCCc1ccccc1)c1nnn2c1CO[C@H](c1ccc(F)cc1)C2. The molecular weight excluding hydrogens is 359 g/mol. The van der Waals surface area contributed by atoms with Crippen LogP contribution in [0.2, 0.25) is 0 Å². The second-order valence-electron chi connectivity index (χ2n) is 6.76. The summed E-state index contributed by atoms with van der Waals surface area (Å²) in [6.07, 6.45) is 1.52. The number of nitrogens with one attached hydrogen (secondary N) is 1. The number of rotatable bonds is 6. The number of hydrogen-bond donors (Lipinski definition) is 1. The third-order valence-corrected chi connectivity index (χ3v) is 4.83. The van der Waals surface area contributed by atoms with Crippen molar-refractivity contribution in [3.8, 4) is 0 Å². The summed E-state index contributed by atoms with van der Waals surface area (Å²) in [5.74, 6) is -0.523. The molecule has 0 aliphatic carbocycles. The molecule has 7 heteroatoms. The van der Waals surface area contributed by atoms with Crippen LogP contribution in [0.1, 0.15) is 39.8 Å². The Hall–Kier alpha value is -3.06. The predicted molar refractivity (Wildman–Crippen MR) is 101 cm³/mol. The highest BCUT2D eigenvalue weighted by molar-refractivity contribution is 5.93. The van der Waals surface area contributed by atoms with Crippen molar-refractivity contribution in [2.45, 2.75) is 32.1 Å². The number of carbonyl (C=O) groups excluding carboxylic acids is 1. The van der Waals surface area contributed by atoms with Gasteiger partial charge in [0.15, 0.2) is 5.69 Å². The topological polar surface area (TPSA) is 69.0 Å². The minimum atomic E-state index is -0.285. The fraction of sp³-hybridized carbons (Fsp3) is 0.286. The van der Waals surface area contributed by atoms with E-state index >= 15 is 0 Å². The molecule has 0 bridgehead atoms. The number of halogens is 1. The van der Waals surface area contributed by atoms with Crippen LogP contribution in [0.4, 0.5) is 4.39 Å². The monoisotopic (exact) mass is 380 g/mol. The molecule has 0 saturated carbocycles. The summed E-state index contributed by atoms with van der Waals surface area (Å²) in [7, 11) is 0. The lowest BCUT2D eigenvalue weighted by atomic mass is 10.1. The number of carbonyl (C=O) groups is 1. The second kappa shape index (κ2) is 8.31. The standard InChI is InChI=1S/C21H21FN4O2/c22-17-10-8-16(9-11-17)19-13-26-18(14-28-19)20(24-25-26)21(27)23-12-4-7-15-5-2-1-3-6-15/h1-3,5-6,8-11,19H,4,7,12-14H2,(H,23,27)/t19-/m0/s1. The molecule has 2 aromatic carbocycles. The Morgan fingerprint density at radius 1 is 1.18 bits per heavy atom. The van der Waals surface area contributed by atoms with E-state index in [1.54, 1.807) is 16.8 Å². The molecule has 6 nitrogen and oxygen atoms in total. The van der Waals surface area contributed by atoms with Gasteiger partial charge in [0.25, 0.3) is 5.91 Å². The van der Waals surface area contributed by atoms with Crippen LogP contribution in [0.15, 0.2) is 54.6 Å². The largest absolute Gasteiger partial charge is 0.365 e. The Kier molecular flexibility index (Phi) is 5.43. The van der Waals surface area contributed by atoms with Gasteiger partial charge in [-0.1, -0.05) is 47.7 Å². The number of fused-ring (bicyclic) bond motifs is 1. The molecule has 1 amide bonds. The van der Waals surface area contributed by atoms with Crippen LogP contribution in [0.5, 0.6) is 0 Å². The molecule has 4 rings (SSSR count). The highest BCUT2D eigenvalue weighted by Crippen LogP contribution is 2.27. The average molecular weight is 380 g/mol. The summed E-state index contributed by atoms with van der Waals surface area (Å²) in [4.78, 5) is 12.5. The van der Waals surface area contributed by atoms with E-state index in [9.17, 15) is 9.18 Å². The van der Waals surface area contributed by atoms with E-state index in [1.807, 2.05) is 18.2 Å². The van der Waals surface area contributed by atoms with Crippen LogP contribution in [-0.4, -0.2) is 27.4 Å². The van der Waals surface area contributed by atoms with Crippen molar-refractivity contribution in [1.82, 2.24) is 20.3 Å². The molecule has 2 heterocycles. The van der Waals surface area contributed by atoms with Gasteiger partial charge in [0.2, 0.25) is 0 Å². The van der Waals surface area contributed by atoms with Gasteiger partial charge < -0.3 is 10.1 Å². The Morgan fingerprint density at radius 3 is 2.75 bits per heavy atom. The predicted octanol–water partition coefficient (Wildman–Crippen LogP) is 3.05. The lowest BCUT2D eigenvalue weighted by Crippen LogP contribution is -2.28. The fourth-order valence-electron chi connectivity index (χ4n) is 3.29. The smallest absolute Gasteiger partial charge is 0.273 e. The van der Waals surface area contributed by atoms with Crippen LogP contribution in [0, 0.1) is 5.82 Å². The van der Waals surface area contributed by atoms with Gasteiger partial charge in [0.1, 0.15) is 11.9 Å². The molecule has 1 atom stereocenters. The zero-order valence-electron chi connectivity index (χ0n) is 15.3. The van der Waals surface area contributed by atoms with E-state index in [0.29, 0.717) is 24.5 Å². The van der Waals surface area contributed by atoms with Crippen molar-refractivity contribution in [2.24, 2.45) is 0 Å². The number of aryl methyl sites for hydroxylation is 1. The highest BCUT2D eigenvalue weighted by Gasteiger charge is 2.27. The van der Waals surface area contributed by atoms with Gasteiger partial charge >= 0.3 is 0 Å². The lowest BCUT2D eigenvalue weighted by molar-refractivity contribution is -0.00180. The third kappa shape index (κ3) is 4.09. The molecule has 1 aliphatic heterocycles. The fourth-order valence-corrected chi connectivity index (χ4v) is 3.29. The summed E-state index contributed by atoms with van der Waals surface area (Å²) in [6.45, 7) is 1.25. The molecule has 0 unspecified atom stereocenters. The van der Waals surface area contributed by atoms with Gasteiger partial charge in [0, 0.05) is 6.54 Å². The van der Waals surface area contributed by atoms with E-state index in [4.69, 9.17) is 4.74 Å². The van der Waals surface area contributed by atoms with E-state index in [1.165, 1.54) is 17.7 Å². The molecule has 1 N–H and O–H groups in total. The average Bonchev–Trinajstić information content (AvgIpc) is 3.16. The summed E-state index contributed by atoms with van der Waals surface area (Å²) in [5, 5.41) is 11.0. The van der Waals surface area contributed by atoms with Crippen LogP contribution in [0.25, 0.3) is 0 Å². The zero-order chi connectivity index (χ0) is 19.3. The van der Waals surface area contributed by atoms with Crippen LogP contribution < -0.4 is 5.32 Å². The maximum atomic E-state index is 13.1. The van der Waals surface area contributed by atoms with Crippen molar-refractivity contribution in [3.05, 3.63) is 82.9 Å². The molecule has 144 valence electrons. The minimum absolute atomic E-state index is 0.238. The van der Waals surface area contributed by atoms with Crippen molar-refractivity contribution < 1.29 is 13.9 Å². The minimum Gasteiger partial charge on any atom is -0.365 e. The van der Waals surface area contributed by atoms with E-state index in [-0.39, 0.29) is 24.4 Å². The first-order chi connectivity index (χ1) is 13.7. The molecule has 0 fully saturated rings. The molecule has 0 spiro atoms. The van der Waals surface area contributed by atoms with E-state index in [0.717, 1.165) is 18.4 Å². The number of amides is 1. The first-order valence-corrected chi connectivity index (χ1v) is 9.32. The van der Waals surface area contributed by atoms with Gasteiger partial charge in [-0.05, 0) is 36.1 Å². The maximum Gasteiger partial charge on any atom is 0.273 e. The van der Waals surface area contributed by atoms with Crippen molar-refractivity contribution >= 4 is 5.91 Å². The van der Waals surface area contributed by atoms with Gasteiger partial charge in [0.05, 0.1) is 18.8 Å². The van der Waals surface area contributed by atoms with Gasteiger partial charge in [-0.15, -0.1) is 5.10 Å². The Morgan fingerprint density at radius 2 is 1.96 bits per heavy atom. The number of nitrogens with zero attached hydrogens (tertiary/aromatic N) is 3. The van der Waals surface area contributed by atoms with Gasteiger partial charge in [-0.25, -0.2) is 9.07 Å². The zero-order valence-corrected chi connectivity index (χ0v) is 15.3. The van der Waals surface area contributed by atoms with E-state index in [2.05, 4.69) is 27.8 Å². The van der Waals surface area contributed by atoms with Crippen LogP contribution >= 0.6 is 0 Å². The molecule has 1 aliphatic rings. The van der Waals surface area contributed by atoms with Crippen LogP contribution in [0.3, 0.4) is 0 Å². The summed E-state index contributed by atoms with van der Waals surface area (Å²) < 4.78 is 20.6. The normalized spacial score (nSPS) is 15.8. The summed E-state index contributed by atoms with van der Waals surface area (Å²) >= 11 is 0. The lowest BCUT2D eigenvalue weighted by Gasteiger charge is -2.24. The summed E-state index contributed by atoms with van der Waals surface area (Å²) in [5.41, 5.74) is 3.09. The maximum absolute atomic E-state index is 13.1. The van der Waals surface area contributed by atoms with Crippen molar-refractivity contribution in [1.29, 1.82) is 0 Å². The molecule has 3 aromatic rings. The van der Waals surface area contributed by atoms with Crippen molar-refractivity contribution in [2.75, 3.05) is 6.54 Å². The Bertz CT molecular complexity index is 941. The second-order valence-corrected chi connectivity index (χ2v) is 6.76. The van der Waals surface area contributed by atoms with Gasteiger partial charge in [-0.2, -0.15) is 0 Å². The first kappa shape index (κ1) is 18.3. The first-order valence-electron chi connectivity index (χ1n) is 9.32. The molecule has 0 saturated heterocycles. The molecular formula is C21H21FN4O2. The quantitative estimate of drug-likeness (QED) is 0.668. The number of benzene rings is 2. The third-order valence-electron chi connectivity index (χ3n) is 4.83. The molecule has 28 heavy (non-hydrogen) atoms. The van der Waals surface area contributed by atoms with Crippen molar-refractivity contribution in [3.63, 3.8) is 0 Å². The molecule has 0 radical (unpaired) electrons. The number of ether oxygens (including phenoxy) is 1. The number of aromatic nitrogens is 3. The van der Waals surface area contributed by atoms with Crippen LogP contribution in [-0.2, 0) is 24.3 Å².